The van der Waals surface area contributed by atoms with E-state index in [2.05, 4.69) is 20.9 Å². The fourth-order valence-electron chi connectivity index (χ4n) is 5.76. The number of phenols is 1. The van der Waals surface area contributed by atoms with Gasteiger partial charge in [-0.15, -0.1) is 0 Å². The summed E-state index contributed by atoms with van der Waals surface area (Å²) in [6.45, 7) is 9.79. The largest absolute Gasteiger partial charge is 0.508 e. The third-order valence-electron chi connectivity index (χ3n) is 8.04. The number of aromatic amines is 1. The van der Waals surface area contributed by atoms with Gasteiger partial charge in [-0.05, 0) is 66.1 Å². The number of pyridine rings is 1. The molecule has 1 saturated heterocycles. The van der Waals surface area contributed by atoms with E-state index in [4.69, 9.17) is 4.74 Å². The Morgan fingerprint density at radius 3 is 2.43 bits per heavy atom. The number of morpholine rings is 1. The summed E-state index contributed by atoms with van der Waals surface area (Å²) in [5, 5.41) is 32.2. The zero-order valence-corrected chi connectivity index (χ0v) is 25.5. The number of nitriles is 1. The number of aryl methyl sites for hydroxylation is 1. The number of nitrogens with zero attached hydrogens (tertiary/aromatic N) is 3. The zero-order valence-electron chi connectivity index (χ0n) is 25.5. The highest BCUT2D eigenvalue weighted by molar-refractivity contribution is 5.82. The number of rotatable bonds is 8. The first-order valence-corrected chi connectivity index (χ1v) is 14.8. The van der Waals surface area contributed by atoms with Crippen LogP contribution < -0.4 is 4.90 Å². The number of hydrogen-bond donors (Lipinski definition) is 3. The lowest BCUT2D eigenvalue weighted by Gasteiger charge is -2.38. The van der Waals surface area contributed by atoms with Crippen molar-refractivity contribution in [3.05, 3.63) is 77.6 Å². The minimum atomic E-state index is -4.91. The summed E-state index contributed by atoms with van der Waals surface area (Å²) in [7, 11) is 0. The molecular formula is C34H39F3N4O3. The zero-order chi connectivity index (χ0) is 32.1. The molecule has 0 amide bonds. The number of ether oxygens (including phenoxy) is 1. The monoisotopic (exact) mass is 608 g/mol. The number of anilines is 1. The van der Waals surface area contributed by atoms with Crippen LogP contribution in [-0.2, 0) is 16.6 Å². The topological polar surface area (TPSA) is 105 Å². The lowest BCUT2D eigenvalue weighted by atomic mass is 9.72. The van der Waals surface area contributed by atoms with Gasteiger partial charge in [0.25, 0.3) is 0 Å². The van der Waals surface area contributed by atoms with E-state index >= 15 is 0 Å². The number of phenolic OH excluding ortho intramolecular Hbond substituents is 1. The summed E-state index contributed by atoms with van der Waals surface area (Å²) < 4.78 is 48.8. The Bertz CT molecular complexity index is 1620. The van der Waals surface area contributed by atoms with Gasteiger partial charge in [-0.1, -0.05) is 52.0 Å². The van der Waals surface area contributed by atoms with Crippen molar-refractivity contribution in [2.24, 2.45) is 0 Å². The van der Waals surface area contributed by atoms with Gasteiger partial charge in [-0.2, -0.15) is 18.4 Å². The highest BCUT2D eigenvalue weighted by Gasteiger charge is 2.55. The van der Waals surface area contributed by atoms with Gasteiger partial charge in [-0.25, -0.2) is 4.98 Å². The van der Waals surface area contributed by atoms with Crippen LogP contribution in [0.3, 0.4) is 0 Å². The van der Waals surface area contributed by atoms with E-state index in [0.29, 0.717) is 54.2 Å². The second kappa shape index (κ2) is 13.3. The molecule has 7 nitrogen and oxygen atoms in total. The van der Waals surface area contributed by atoms with E-state index in [0.717, 1.165) is 11.2 Å². The fraction of sp³-hybridized carbons (Fsp3) is 0.412. The first kappa shape index (κ1) is 32.8. The highest BCUT2D eigenvalue weighted by Crippen LogP contribution is 2.46. The van der Waals surface area contributed by atoms with Crippen LogP contribution in [0.25, 0.3) is 22.0 Å². The van der Waals surface area contributed by atoms with Gasteiger partial charge >= 0.3 is 6.18 Å². The van der Waals surface area contributed by atoms with Crippen LogP contribution in [0.5, 0.6) is 5.75 Å². The summed E-state index contributed by atoms with van der Waals surface area (Å²) in [6, 6.07) is 17.3. The van der Waals surface area contributed by atoms with Crippen LogP contribution >= 0.6 is 0 Å². The molecule has 0 spiro atoms. The lowest BCUT2D eigenvalue weighted by molar-refractivity contribution is -0.269. The van der Waals surface area contributed by atoms with Crippen molar-refractivity contribution in [1.82, 2.24) is 9.97 Å². The summed E-state index contributed by atoms with van der Waals surface area (Å²) in [5.74, 6) is 0.603. The predicted molar refractivity (Wildman–Crippen MR) is 166 cm³/mol. The summed E-state index contributed by atoms with van der Waals surface area (Å²) in [6.07, 6.45) is -4.54. The molecule has 3 heterocycles. The van der Waals surface area contributed by atoms with Crippen LogP contribution in [0, 0.1) is 11.3 Å². The van der Waals surface area contributed by atoms with Crippen LogP contribution in [0.15, 0.2) is 60.8 Å². The van der Waals surface area contributed by atoms with E-state index in [1.807, 2.05) is 19.9 Å². The van der Waals surface area contributed by atoms with Crippen LogP contribution in [0.4, 0.5) is 19.0 Å². The van der Waals surface area contributed by atoms with Crippen LogP contribution in [0.2, 0.25) is 0 Å². The maximum absolute atomic E-state index is 14.5. The van der Waals surface area contributed by atoms with E-state index < -0.39 is 30.0 Å². The number of halogens is 3. The third-order valence-corrected chi connectivity index (χ3v) is 8.04. The molecule has 3 N–H and O–H groups in total. The van der Waals surface area contributed by atoms with E-state index in [9.17, 15) is 28.6 Å². The number of benzene rings is 2. The number of nitrogens with one attached hydrogen (secondary N) is 1. The number of aromatic hydroxyl groups is 1. The summed E-state index contributed by atoms with van der Waals surface area (Å²) in [4.78, 5) is 9.73. The minimum absolute atomic E-state index is 0.0464. The van der Waals surface area contributed by atoms with Crippen molar-refractivity contribution >= 4 is 16.7 Å². The Morgan fingerprint density at radius 2 is 1.75 bits per heavy atom. The molecule has 5 rings (SSSR count). The van der Waals surface area contributed by atoms with Gasteiger partial charge in [0.1, 0.15) is 11.6 Å². The molecule has 44 heavy (non-hydrogen) atoms. The van der Waals surface area contributed by atoms with Crippen LogP contribution in [-0.4, -0.2) is 58.3 Å². The molecule has 4 aromatic rings. The molecular weight excluding hydrogens is 569 g/mol. The van der Waals surface area contributed by atoms with Crippen molar-refractivity contribution in [3.63, 3.8) is 0 Å². The van der Waals surface area contributed by atoms with Crippen LogP contribution in [0.1, 0.15) is 57.4 Å². The Hall–Kier alpha value is -4.07. The standard InChI is InChI=1S/C32H33F3N4O3.C2H6/c1-30(2,26-16-21(7-8-28(26)40)25-6-4-3-5-22(25)18-36)20-31(41,32(33,34)35)10-9-24-15-23-17-29(37-19-27(23)38-24)39-11-13-42-14-12-39;1-2/h3-8,15-17,19,38,40-41H,9-14,20H2,1-2H3;1-2H3. The second-order valence-corrected chi connectivity index (χ2v) is 11.5. The van der Waals surface area contributed by atoms with Gasteiger partial charge in [0.05, 0.1) is 36.6 Å². The minimum Gasteiger partial charge on any atom is -0.508 e. The van der Waals surface area contributed by atoms with Crippen molar-refractivity contribution < 1.29 is 28.1 Å². The van der Waals surface area contributed by atoms with Gasteiger partial charge in [0.2, 0.25) is 0 Å². The molecule has 1 fully saturated rings. The molecule has 1 atom stereocenters. The molecule has 234 valence electrons. The number of aromatic nitrogens is 2. The number of H-pyrrole nitrogens is 1. The Labute approximate surface area is 255 Å². The van der Waals surface area contributed by atoms with Crippen molar-refractivity contribution in [3.8, 4) is 22.9 Å². The first-order valence-electron chi connectivity index (χ1n) is 14.8. The average molecular weight is 609 g/mol. The normalized spacial score (nSPS) is 15.3. The smallest absolute Gasteiger partial charge is 0.417 e. The Morgan fingerprint density at radius 1 is 1.05 bits per heavy atom. The van der Waals surface area contributed by atoms with E-state index in [1.165, 1.54) is 6.07 Å². The highest BCUT2D eigenvalue weighted by atomic mass is 19.4. The molecule has 0 aliphatic carbocycles. The molecule has 2 aromatic carbocycles. The summed E-state index contributed by atoms with van der Waals surface area (Å²) in [5.41, 5.74) is -1.19. The Balaban J connectivity index is 0.00000216. The molecule has 0 bridgehead atoms. The van der Waals surface area contributed by atoms with Gasteiger partial charge in [0, 0.05) is 29.7 Å². The quantitative estimate of drug-likeness (QED) is 0.194. The maximum atomic E-state index is 14.5. The average Bonchev–Trinajstić information content (AvgIpc) is 3.43. The molecule has 1 aliphatic rings. The predicted octanol–water partition coefficient (Wildman–Crippen LogP) is 7.26. The number of hydrogen-bond acceptors (Lipinski definition) is 6. The molecule has 1 unspecified atom stereocenters. The van der Waals surface area contributed by atoms with Gasteiger partial charge < -0.3 is 24.8 Å². The molecule has 1 aliphatic heterocycles. The first-order chi connectivity index (χ1) is 20.9. The van der Waals surface area contributed by atoms with E-state index in [-0.39, 0.29) is 17.7 Å². The summed E-state index contributed by atoms with van der Waals surface area (Å²) >= 11 is 0. The Kier molecular flexibility index (Phi) is 9.91. The lowest BCUT2D eigenvalue weighted by Crippen LogP contribution is -2.49. The fourth-order valence-corrected chi connectivity index (χ4v) is 5.76. The van der Waals surface area contributed by atoms with Gasteiger partial charge in [-0.3, -0.25) is 0 Å². The molecule has 0 saturated carbocycles. The van der Waals surface area contributed by atoms with Crippen molar-refractivity contribution in [2.75, 3.05) is 31.2 Å². The molecule has 10 heteroatoms. The second-order valence-electron chi connectivity index (χ2n) is 11.5. The number of alkyl halides is 3. The SMILES string of the molecule is CC.CC(C)(CC(O)(CCc1cc2cc(N3CCOCC3)ncc2[nH]1)C(F)(F)F)c1cc(-c2ccccc2C#N)ccc1O. The van der Waals surface area contributed by atoms with E-state index in [1.54, 1.807) is 62.5 Å². The number of fused-ring (bicyclic) bond motifs is 1. The molecule has 0 radical (unpaired) electrons. The number of aliphatic hydroxyl groups is 1. The maximum Gasteiger partial charge on any atom is 0.417 e. The van der Waals surface area contributed by atoms with Crippen molar-refractivity contribution in [1.29, 1.82) is 5.26 Å². The van der Waals surface area contributed by atoms with Crippen molar-refractivity contribution in [2.45, 2.75) is 64.1 Å². The third kappa shape index (κ3) is 7.01. The van der Waals surface area contributed by atoms with Gasteiger partial charge in [0.15, 0.2) is 5.60 Å². The molecule has 2 aromatic heterocycles.